The summed E-state index contributed by atoms with van der Waals surface area (Å²) in [4.78, 5) is 12.0. The Balaban J connectivity index is 1.55. The van der Waals surface area contributed by atoms with E-state index in [4.69, 9.17) is 4.42 Å². The molecule has 1 unspecified atom stereocenters. The Kier molecular flexibility index (Phi) is 3.72. The quantitative estimate of drug-likeness (QED) is 0.898. The molecular formula is C16H18N2O2. The van der Waals surface area contributed by atoms with E-state index in [1.54, 1.807) is 6.26 Å². The smallest absolute Gasteiger partial charge is 0.239 e. The van der Waals surface area contributed by atoms with Crippen molar-refractivity contribution in [3.63, 3.8) is 0 Å². The summed E-state index contributed by atoms with van der Waals surface area (Å²) >= 11 is 0. The topological polar surface area (TPSA) is 54.3 Å². The summed E-state index contributed by atoms with van der Waals surface area (Å²) in [6.07, 6.45) is 4.70. The van der Waals surface area contributed by atoms with E-state index in [0.29, 0.717) is 0 Å². The van der Waals surface area contributed by atoms with Crippen LogP contribution in [-0.4, -0.2) is 12.5 Å². The number of carbonyl (C=O) groups excluding carboxylic acids is 1. The molecule has 1 heterocycles. The SMILES string of the molecule is O=C(CNc1ccccc1)NC1CCCc2occc21. The van der Waals surface area contributed by atoms with Crippen LogP contribution in [0.5, 0.6) is 0 Å². The van der Waals surface area contributed by atoms with E-state index in [-0.39, 0.29) is 18.5 Å². The molecule has 104 valence electrons. The average Bonchev–Trinajstić information content (AvgIpc) is 2.96. The molecule has 1 aliphatic carbocycles. The number of anilines is 1. The van der Waals surface area contributed by atoms with Gasteiger partial charge in [-0.25, -0.2) is 0 Å². The maximum Gasteiger partial charge on any atom is 0.239 e. The zero-order chi connectivity index (χ0) is 13.8. The van der Waals surface area contributed by atoms with Gasteiger partial charge in [-0.2, -0.15) is 0 Å². The first-order chi connectivity index (χ1) is 9.83. The number of amides is 1. The third kappa shape index (κ3) is 2.85. The molecule has 1 aromatic heterocycles. The first-order valence-electron chi connectivity index (χ1n) is 6.97. The first-order valence-corrected chi connectivity index (χ1v) is 6.97. The van der Waals surface area contributed by atoms with Crippen molar-refractivity contribution in [3.8, 4) is 0 Å². The molecule has 2 N–H and O–H groups in total. The Hall–Kier alpha value is -2.23. The lowest BCUT2D eigenvalue weighted by atomic mass is 9.93. The average molecular weight is 270 g/mol. The summed E-state index contributed by atoms with van der Waals surface area (Å²) in [6, 6.07) is 11.8. The minimum absolute atomic E-state index is 0.00732. The summed E-state index contributed by atoms with van der Waals surface area (Å²) in [5, 5.41) is 6.19. The molecule has 0 spiro atoms. The monoisotopic (exact) mass is 270 g/mol. The molecule has 4 nitrogen and oxygen atoms in total. The maximum absolute atomic E-state index is 12.0. The van der Waals surface area contributed by atoms with Gasteiger partial charge in [0.2, 0.25) is 5.91 Å². The number of benzene rings is 1. The number of furan rings is 1. The van der Waals surface area contributed by atoms with E-state index in [2.05, 4.69) is 10.6 Å². The maximum atomic E-state index is 12.0. The minimum atomic E-state index is 0.00732. The van der Waals surface area contributed by atoms with Crippen molar-refractivity contribution >= 4 is 11.6 Å². The second-order valence-corrected chi connectivity index (χ2v) is 5.03. The Morgan fingerprint density at radius 3 is 2.95 bits per heavy atom. The van der Waals surface area contributed by atoms with Gasteiger partial charge < -0.3 is 15.1 Å². The highest BCUT2D eigenvalue weighted by molar-refractivity contribution is 5.81. The standard InChI is InChI=1S/C16H18N2O2/c19-16(11-17-12-5-2-1-3-6-12)18-14-7-4-8-15-13(14)9-10-20-15/h1-3,5-6,9-10,14,17H,4,7-8,11H2,(H,18,19). The first kappa shape index (κ1) is 12.8. The van der Waals surface area contributed by atoms with Crippen LogP contribution in [0.4, 0.5) is 5.69 Å². The lowest BCUT2D eigenvalue weighted by Gasteiger charge is -2.22. The molecule has 1 aliphatic rings. The van der Waals surface area contributed by atoms with Crippen LogP contribution < -0.4 is 10.6 Å². The van der Waals surface area contributed by atoms with Gasteiger partial charge in [-0.15, -0.1) is 0 Å². The molecule has 0 fully saturated rings. The third-order valence-corrected chi connectivity index (χ3v) is 3.61. The van der Waals surface area contributed by atoms with Crippen molar-refractivity contribution in [2.45, 2.75) is 25.3 Å². The van der Waals surface area contributed by atoms with E-state index in [9.17, 15) is 4.79 Å². The van der Waals surface area contributed by atoms with Gasteiger partial charge in [0.25, 0.3) is 0 Å². The van der Waals surface area contributed by atoms with Crippen molar-refractivity contribution in [1.29, 1.82) is 0 Å². The summed E-state index contributed by atoms with van der Waals surface area (Å²) in [7, 11) is 0. The third-order valence-electron chi connectivity index (χ3n) is 3.61. The van der Waals surface area contributed by atoms with Crippen LogP contribution >= 0.6 is 0 Å². The molecule has 0 bridgehead atoms. The van der Waals surface area contributed by atoms with Gasteiger partial charge in [-0.1, -0.05) is 18.2 Å². The number of hydrogen-bond acceptors (Lipinski definition) is 3. The van der Waals surface area contributed by atoms with Crippen molar-refractivity contribution in [2.75, 3.05) is 11.9 Å². The zero-order valence-electron chi connectivity index (χ0n) is 11.3. The van der Waals surface area contributed by atoms with Crippen LogP contribution in [0.1, 0.15) is 30.2 Å². The molecule has 0 saturated heterocycles. The number of rotatable bonds is 4. The molecule has 4 heteroatoms. The van der Waals surface area contributed by atoms with E-state index >= 15 is 0 Å². The van der Waals surface area contributed by atoms with Crippen LogP contribution in [0.2, 0.25) is 0 Å². The lowest BCUT2D eigenvalue weighted by molar-refractivity contribution is -0.120. The summed E-state index contributed by atoms with van der Waals surface area (Å²) < 4.78 is 5.43. The van der Waals surface area contributed by atoms with E-state index in [0.717, 1.165) is 36.3 Å². The fraction of sp³-hybridized carbons (Fsp3) is 0.312. The predicted molar refractivity (Wildman–Crippen MR) is 77.5 cm³/mol. The summed E-state index contributed by atoms with van der Waals surface area (Å²) in [5.41, 5.74) is 2.08. The fourth-order valence-corrected chi connectivity index (χ4v) is 2.62. The summed E-state index contributed by atoms with van der Waals surface area (Å²) in [6.45, 7) is 0.285. The molecule has 2 aromatic rings. The molecule has 0 aliphatic heterocycles. The number of hydrogen-bond donors (Lipinski definition) is 2. The van der Waals surface area contributed by atoms with Crippen molar-refractivity contribution in [1.82, 2.24) is 5.32 Å². The van der Waals surface area contributed by atoms with Gasteiger partial charge in [-0.05, 0) is 31.0 Å². The molecule has 1 atom stereocenters. The lowest BCUT2D eigenvalue weighted by Crippen LogP contribution is -2.34. The van der Waals surface area contributed by atoms with Gasteiger partial charge in [0, 0.05) is 17.7 Å². The number of carbonyl (C=O) groups is 1. The number of fused-ring (bicyclic) bond motifs is 1. The zero-order valence-corrected chi connectivity index (χ0v) is 11.3. The number of aryl methyl sites for hydroxylation is 1. The number of para-hydroxylation sites is 1. The summed E-state index contributed by atoms with van der Waals surface area (Å²) in [5.74, 6) is 1.02. The Morgan fingerprint density at radius 1 is 1.25 bits per heavy atom. The molecule has 3 rings (SSSR count). The second-order valence-electron chi connectivity index (χ2n) is 5.03. The Bertz CT molecular complexity index is 577. The molecule has 1 amide bonds. The minimum Gasteiger partial charge on any atom is -0.469 e. The predicted octanol–water partition coefficient (Wildman–Crippen LogP) is 2.89. The van der Waals surface area contributed by atoms with Gasteiger partial charge in [0.05, 0.1) is 18.8 Å². The van der Waals surface area contributed by atoms with Crippen LogP contribution in [0.25, 0.3) is 0 Å². The van der Waals surface area contributed by atoms with E-state index in [1.165, 1.54) is 0 Å². The molecule has 0 radical (unpaired) electrons. The van der Waals surface area contributed by atoms with Gasteiger partial charge in [-0.3, -0.25) is 4.79 Å². The Morgan fingerprint density at radius 2 is 2.10 bits per heavy atom. The number of nitrogens with one attached hydrogen (secondary N) is 2. The Labute approximate surface area is 118 Å². The molecule has 20 heavy (non-hydrogen) atoms. The van der Waals surface area contributed by atoms with Gasteiger partial charge >= 0.3 is 0 Å². The highest BCUT2D eigenvalue weighted by atomic mass is 16.3. The molecular weight excluding hydrogens is 252 g/mol. The van der Waals surface area contributed by atoms with Crippen LogP contribution in [0.15, 0.2) is 47.1 Å². The van der Waals surface area contributed by atoms with Crippen molar-refractivity contribution in [3.05, 3.63) is 54.0 Å². The van der Waals surface area contributed by atoms with Crippen LogP contribution in [-0.2, 0) is 11.2 Å². The van der Waals surface area contributed by atoms with Gasteiger partial charge in [0.15, 0.2) is 0 Å². The van der Waals surface area contributed by atoms with Crippen LogP contribution in [0.3, 0.4) is 0 Å². The van der Waals surface area contributed by atoms with Crippen molar-refractivity contribution < 1.29 is 9.21 Å². The molecule has 1 aromatic carbocycles. The fourth-order valence-electron chi connectivity index (χ4n) is 2.62. The van der Waals surface area contributed by atoms with E-state index in [1.807, 2.05) is 36.4 Å². The second kappa shape index (κ2) is 5.82. The van der Waals surface area contributed by atoms with Gasteiger partial charge in [0.1, 0.15) is 5.76 Å². The van der Waals surface area contributed by atoms with Crippen molar-refractivity contribution in [2.24, 2.45) is 0 Å². The molecule has 0 saturated carbocycles. The largest absolute Gasteiger partial charge is 0.469 e. The normalized spacial score (nSPS) is 17.3. The highest BCUT2D eigenvalue weighted by Gasteiger charge is 2.23. The van der Waals surface area contributed by atoms with Crippen LogP contribution in [0, 0.1) is 0 Å². The highest BCUT2D eigenvalue weighted by Crippen LogP contribution is 2.30. The van der Waals surface area contributed by atoms with E-state index < -0.39 is 0 Å².